The van der Waals surface area contributed by atoms with E-state index in [0.717, 1.165) is 16.6 Å². The standard InChI is InChI=1S/C10H15N2O2.HNO3.NO3.H3N/c1-12(2,3)8-9-5-4-6-10(7-9)11(13)14;2*2-1(3)4;/h4-7H,8H2,1-3H3;(H,2,3,4);;1H3/q+1;;-1;. The van der Waals surface area contributed by atoms with Gasteiger partial charge in [-0.05, 0) is 0 Å². The first-order chi connectivity index (χ1) is 9.85. The fraction of sp³-hybridized carbons (Fsp3) is 0.400. The molecule has 0 radical (unpaired) electrons. The molecule has 23 heavy (non-hydrogen) atoms. The van der Waals surface area contributed by atoms with E-state index in [4.69, 9.17) is 30.6 Å². The lowest BCUT2D eigenvalue weighted by atomic mass is 10.2. The minimum Gasteiger partial charge on any atom is -0.356 e. The van der Waals surface area contributed by atoms with Crippen LogP contribution in [-0.2, 0) is 6.54 Å². The number of nitro benzene ring substituents is 1. The number of benzene rings is 1. The van der Waals surface area contributed by atoms with Crippen molar-refractivity contribution < 1.29 is 24.8 Å². The Labute approximate surface area is 130 Å². The number of hydrogen-bond donors (Lipinski definition) is 2. The van der Waals surface area contributed by atoms with Crippen LogP contribution in [0.5, 0.6) is 0 Å². The molecule has 0 aliphatic heterocycles. The van der Waals surface area contributed by atoms with Crippen LogP contribution in [0.3, 0.4) is 0 Å². The lowest BCUT2D eigenvalue weighted by Gasteiger charge is -2.23. The summed E-state index contributed by atoms with van der Waals surface area (Å²) in [6.45, 7) is 0.793. The molecule has 0 amide bonds. The van der Waals surface area contributed by atoms with Crippen molar-refractivity contribution in [2.45, 2.75) is 6.54 Å². The van der Waals surface area contributed by atoms with Crippen LogP contribution in [0.25, 0.3) is 0 Å². The molecule has 4 N–H and O–H groups in total. The Bertz CT molecular complexity index is 496. The first-order valence-electron chi connectivity index (χ1n) is 5.53. The van der Waals surface area contributed by atoms with E-state index in [2.05, 4.69) is 21.1 Å². The van der Waals surface area contributed by atoms with E-state index in [-0.39, 0.29) is 16.8 Å². The van der Waals surface area contributed by atoms with E-state index < -0.39 is 10.2 Å². The van der Waals surface area contributed by atoms with Crippen LogP contribution in [0.1, 0.15) is 5.56 Å². The molecule has 0 fully saturated rings. The van der Waals surface area contributed by atoms with Gasteiger partial charge >= 0.3 is 0 Å². The molecular formula is C10H19N5O8. The van der Waals surface area contributed by atoms with Crippen molar-refractivity contribution >= 4 is 5.69 Å². The highest BCUT2D eigenvalue weighted by atomic mass is 16.9. The van der Waals surface area contributed by atoms with Gasteiger partial charge < -0.3 is 31.2 Å². The molecule has 0 aromatic heterocycles. The highest BCUT2D eigenvalue weighted by Gasteiger charge is 2.11. The molecule has 0 unspecified atom stereocenters. The van der Waals surface area contributed by atoms with Crippen LogP contribution >= 0.6 is 0 Å². The van der Waals surface area contributed by atoms with Gasteiger partial charge in [-0.25, -0.2) is 0 Å². The summed E-state index contributed by atoms with van der Waals surface area (Å²) in [5.41, 5.74) is 1.16. The Hall–Kier alpha value is -3.06. The third kappa shape index (κ3) is 21.4. The van der Waals surface area contributed by atoms with Crippen LogP contribution < -0.4 is 6.15 Å². The van der Waals surface area contributed by atoms with Crippen molar-refractivity contribution in [3.8, 4) is 0 Å². The summed E-state index contributed by atoms with van der Waals surface area (Å²) < 4.78 is 0.765. The Morgan fingerprint density at radius 3 is 1.74 bits per heavy atom. The predicted octanol–water partition coefficient (Wildman–Crippen LogP) is 1.38. The van der Waals surface area contributed by atoms with Gasteiger partial charge in [-0.2, -0.15) is 0 Å². The van der Waals surface area contributed by atoms with Crippen LogP contribution in [0, 0.1) is 35.6 Å². The zero-order chi connectivity index (χ0) is 17.9. The Balaban J connectivity index is -0.000000374. The summed E-state index contributed by atoms with van der Waals surface area (Å²) in [4.78, 5) is 26.8. The zero-order valence-corrected chi connectivity index (χ0v) is 12.8. The van der Waals surface area contributed by atoms with E-state index in [0.29, 0.717) is 0 Å². The third-order valence-corrected chi connectivity index (χ3v) is 1.78. The maximum Gasteiger partial charge on any atom is 0.291 e. The van der Waals surface area contributed by atoms with Gasteiger partial charge in [0.2, 0.25) is 0 Å². The number of quaternary nitrogens is 1. The quantitative estimate of drug-likeness (QED) is 0.462. The number of non-ortho nitro benzene ring substituents is 1. The first-order valence-corrected chi connectivity index (χ1v) is 5.53. The molecule has 0 saturated carbocycles. The lowest BCUT2D eigenvalue weighted by Crippen LogP contribution is -2.33. The van der Waals surface area contributed by atoms with Crippen LogP contribution in [-0.4, -0.2) is 45.9 Å². The molecular weight excluding hydrogens is 318 g/mol. The summed E-state index contributed by atoms with van der Waals surface area (Å²) in [7, 11) is 6.16. The van der Waals surface area contributed by atoms with Gasteiger partial charge in [0.25, 0.3) is 10.8 Å². The van der Waals surface area contributed by atoms with Crippen LogP contribution in [0.4, 0.5) is 5.69 Å². The van der Waals surface area contributed by atoms with Crippen LogP contribution in [0.15, 0.2) is 24.3 Å². The molecule has 1 rings (SSSR count). The van der Waals surface area contributed by atoms with Crippen molar-refractivity contribution in [3.63, 3.8) is 0 Å². The summed E-state index contributed by atoms with van der Waals surface area (Å²) in [6, 6.07) is 6.78. The highest BCUT2D eigenvalue weighted by molar-refractivity contribution is 5.33. The second-order valence-corrected chi connectivity index (χ2v) is 4.84. The number of hydrogen-bond acceptors (Lipinski definition) is 8. The molecule has 1 aromatic rings. The molecule has 13 nitrogen and oxygen atoms in total. The summed E-state index contributed by atoms with van der Waals surface area (Å²) >= 11 is 0. The van der Waals surface area contributed by atoms with Gasteiger partial charge in [0.05, 0.1) is 31.2 Å². The average molecular weight is 337 g/mol. The van der Waals surface area contributed by atoms with Crippen molar-refractivity contribution in [1.29, 1.82) is 0 Å². The molecule has 0 aliphatic carbocycles. The largest absolute Gasteiger partial charge is 0.356 e. The average Bonchev–Trinajstić information content (AvgIpc) is 2.25. The van der Waals surface area contributed by atoms with Crippen molar-refractivity contribution in [2.24, 2.45) is 0 Å². The molecule has 0 heterocycles. The third-order valence-electron chi connectivity index (χ3n) is 1.78. The summed E-state index contributed by atoms with van der Waals surface area (Å²) in [5, 5.41) is 38.9. The second kappa shape index (κ2) is 11.6. The number of nitrogens with zero attached hydrogens (tertiary/aromatic N) is 4. The first kappa shape index (κ1) is 24.9. The molecule has 13 heteroatoms. The summed E-state index contributed by atoms with van der Waals surface area (Å²) in [6.07, 6.45) is 0. The zero-order valence-electron chi connectivity index (χ0n) is 12.8. The molecule has 0 spiro atoms. The summed E-state index contributed by atoms with van der Waals surface area (Å²) in [5.74, 6) is 0. The number of nitro groups is 1. The van der Waals surface area contributed by atoms with E-state index in [9.17, 15) is 10.1 Å². The maximum absolute atomic E-state index is 10.5. The Morgan fingerprint density at radius 1 is 1.04 bits per heavy atom. The lowest BCUT2D eigenvalue weighted by molar-refractivity contribution is -0.884. The molecule has 132 valence electrons. The van der Waals surface area contributed by atoms with Gasteiger partial charge in [-0.15, -0.1) is 10.1 Å². The van der Waals surface area contributed by atoms with Gasteiger partial charge in [0.15, 0.2) is 0 Å². The van der Waals surface area contributed by atoms with Crippen molar-refractivity contribution in [1.82, 2.24) is 6.15 Å². The van der Waals surface area contributed by atoms with Gasteiger partial charge in [-0.1, -0.05) is 12.1 Å². The van der Waals surface area contributed by atoms with E-state index in [1.54, 1.807) is 12.1 Å². The smallest absolute Gasteiger partial charge is 0.291 e. The van der Waals surface area contributed by atoms with E-state index in [1.165, 1.54) is 6.07 Å². The fourth-order valence-electron chi connectivity index (χ4n) is 1.32. The predicted molar refractivity (Wildman–Crippen MR) is 79.0 cm³/mol. The topological polar surface area (TPSA) is 208 Å². The highest BCUT2D eigenvalue weighted by Crippen LogP contribution is 2.15. The SMILES string of the molecule is C[N+](C)(C)Cc1cccc([N+](=O)[O-])c1.N.O=[N+]([O-])O.O=[N+]([O-])[O-]. The molecule has 0 saturated heterocycles. The molecule has 1 aromatic carbocycles. The second-order valence-electron chi connectivity index (χ2n) is 4.84. The monoisotopic (exact) mass is 337 g/mol. The van der Waals surface area contributed by atoms with Crippen molar-refractivity contribution in [3.05, 3.63) is 65.4 Å². The molecule has 0 atom stereocenters. The number of rotatable bonds is 3. The Kier molecular flexibility index (Phi) is 12.6. The minimum absolute atomic E-state index is 0. The van der Waals surface area contributed by atoms with Gasteiger partial charge in [0, 0.05) is 17.7 Å². The molecule has 0 bridgehead atoms. The maximum atomic E-state index is 10.5. The fourth-order valence-corrected chi connectivity index (χ4v) is 1.32. The van der Waals surface area contributed by atoms with Crippen molar-refractivity contribution in [2.75, 3.05) is 21.1 Å². The van der Waals surface area contributed by atoms with E-state index >= 15 is 0 Å². The van der Waals surface area contributed by atoms with Gasteiger partial charge in [-0.3, -0.25) is 10.1 Å². The van der Waals surface area contributed by atoms with Gasteiger partial charge in [0.1, 0.15) is 6.54 Å². The minimum atomic E-state index is -1.75. The Morgan fingerprint density at radius 2 is 1.43 bits per heavy atom. The molecule has 0 aliphatic rings. The normalized spacial score (nSPS) is 9.00. The van der Waals surface area contributed by atoms with Crippen LogP contribution in [0.2, 0.25) is 0 Å². The van der Waals surface area contributed by atoms with E-state index in [1.807, 2.05) is 6.07 Å².